The van der Waals surface area contributed by atoms with Crippen LogP contribution in [0.1, 0.15) is 101 Å². The van der Waals surface area contributed by atoms with E-state index < -0.39 is 261 Å². The summed E-state index contributed by atoms with van der Waals surface area (Å²) < 4.78 is 5.68. The number of carboxylic acids is 4. The standard InChI is InChI=1S/C72H91N17O26/c1-33(37-13-6-5-7-14-37)21-53(93)81-44(23-38-29-76-42-18-11-9-15-39(38)42)66(108)84-45(25-52(75)92)67(109)86-48(28-59(102)103)68(110)89-61-36(4)115-72(114)49(24-51(91)40-16-8-10-17-41(40)74)87-71(113)60(34(2)22-56(96)97)88-69(111)50(32-90)82-55(95)30-77-63(105)46(26-57(98)99)83-62(104)35(3)79-65(107)47(27-58(100)101)85-64(106)43(19-12-20-73)80-54(94)31-78-70(61)112/h5-11,13-18,21,29,34-36,43-50,60-61,76,90H,12,19-20,22-28,30-32,73-74H2,1-4H3,(H2,75,92)(H,77,105)(H,78,112)(H,79,107)(H,80,94)(H,81,93)(H,82,95)(H,83,104)(H,84,108)(H,85,106)(H,86,109)(H,87,113)(H,88,111)(H,89,110)(H,96,97)(H,98,99)(H,100,101)(H,102,103)/b33-21+. The molecular formula is C72H91N17O26. The minimum absolute atomic E-state index is 0.0998. The van der Waals surface area contributed by atoms with Crippen molar-refractivity contribution in [3.8, 4) is 0 Å². The van der Waals surface area contributed by atoms with Crippen LogP contribution in [0.25, 0.3) is 16.5 Å². The number of nitrogens with two attached hydrogens (primary N) is 3. The summed E-state index contributed by atoms with van der Waals surface area (Å²) in [5, 5.41) is 78.4. The zero-order chi connectivity index (χ0) is 85.5. The molecule has 1 aliphatic heterocycles. The normalized spacial score (nSPS) is 21.3. The summed E-state index contributed by atoms with van der Waals surface area (Å²) in [5.74, 6) is -30.2. The minimum atomic E-state index is -2.46. The number of aromatic amines is 1. The third kappa shape index (κ3) is 29.5. The number of fused-ring (bicyclic) bond motifs is 1. The number of amides is 14. The molecule has 0 bridgehead atoms. The molecule has 14 amide bonds. The number of carbonyl (C=O) groups is 20. The Morgan fingerprint density at radius 1 is 0.565 bits per heavy atom. The number of aliphatic hydroxyl groups excluding tert-OH is 1. The molecule has 13 unspecified atom stereocenters. The van der Waals surface area contributed by atoms with Crippen molar-refractivity contribution in [2.45, 2.75) is 158 Å². The lowest BCUT2D eigenvalue weighted by Crippen LogP contribution is -2.62. The van der Waals surface area contributed by atoms with Gasteiger partial charge in [0.1, 0.15) is 72.6 Å². The number of nitrogens with one attached hydrogen (secondary N) is 14. The first-order valence-electron chi connectivity index (χ1n) is 35.5. The molecule has 43 heteroatoms. The van der Waals surface area contributed by atoms with Gasteiger partial charge >= 0.3 is 29.8 Å². The second kappa shape index (κ2) is 44.3. The van der Waals surface area contributed by atoms with E-state index in [0.717, 1.165) is 20.8 Å². The van der Waals surface area contributed by atoms with Gasteiger partial charge in [-0.2, -0.15) is 0 Å². The number of primary amides is 1. The molecule has 13 atom stereocenters. The molecular weight excluding hydrogens is 1520 g/mol. The molecule has 3 aromatic carbocycles. The highest BCUT2D eigenvalue weighted by Crippen LogP contribution is 2.22. The summed E-state index contributed by atoms with van der Waals surface area (Å²) in [5.41, 5.74) is 19.1. The molecule has 43 nitrogen and oxygen atoms in total. The van der Waals surface area contributed by atoms with Crippen molar-refractivity contribution in [3.63, 3.8) is 0 Å². The second-order valence-corrected chi connectivity index (χ2v) is 26.5. The number of aliphatic hydroxyl groups is 1. The fourth-order valence-corrected chi connectivity index (χ4v) is 11.4. The first-order valence-corrected chi connectivity index (χ1v) is 35.5. The minimum Gasteiger partial charge on any atom is -0.481 e. The van der Waals surface area contributed by atoms with Gasteiger partial charge in [-0.05, 0) is 81.0 Å². The summed E-state index contributed by atoms with van der Waals surface area (Å²) in [7, 11) is 0. The molecule has 1 fully saturated rings. The number of carbonyl (C=O) groups excluding carboxylic acids is 16. The Labute approximate surface area is 653 Å². The zero-order valence-electron chi connectivity index (χ0n) is 62.4. The van der Waals surface area contributed by atoms with Crippen molar-refractivity contribution < 1.29 is 126 Å². The van der Waals surface area contributed by atoms with E-state index in [1.54, 1.807) is 67.7 Å². The maximum atomic E-state index is 14.8. The predicted octanol–water partition coefficient (Wildman–Crippen LogP) is -6.66. The number of ether oxygens (including phenoxy) is 1. The topological polar surface area (TPSA) is 702 Å². The van der Waals surface area contributed by atoms with E-state index in [4.69, 9.17) is 21.9 Å². The number of nitrogen functional groups attached to an aromatic ring is 1. The molecule has 5 rings (SSSR count). The molecule has 1 saturated heterocycles. The number of ketones is 1. The van der Waals surface area contributed by atoms with Gasteiger partial charge in [-0.1, -0.05) is 67.6 Å². The predicted molar refractivity (Wildman–Crippen MR) is 398 cm³/mol. The molecule has 1 aromatic heterocycles. The number of esters is 1. The van der Waals surface area contributed by atoms with E-state index in [-0.39, 0.29) is 30.6 Å². The number of aliphatic carboxylic acids is 4. The van der Waals surface area contributed by atoms with Crippen LogP contribution >= 0.6 is 0 Å². The van der Waals surface area contributed by atoms with Gasteiger partial charge in [-0.3, -0.25) is 91.1 Å². The zero-order valence-corrected chi connectivity index (χ0v) is 62.4. The van der Waals surface area contributed by atoms with Crippen LogP contribution in [0.2, 0.25) is 0 Å². The highest BCUT2D eigenvalue weighted by molar-refractivity contribution is 6.06. The van der Waals surface area contributed by atoms with Gasteiger partial charge in [0.15, 0.2) is 5.78 Å². The van der Waals surface area contributed by atoms with Crippen molar-refractivity contribution in [2.24, 2.45) is 17.4 Å². The lowest BCUT2D eigenvalue weighted by Gasteiger charge is -2.30. The molecule has 0 aliphatic carbocycles. The van der Waals surface area contributed by atoms with Crippen molar-refractivity contribution in [2.75, 3.05) is 32.0 Å². The number of para-hydroxylation sites is 2. The molecule has 0 saturated carbocycles. The van der Waals surface area contributed by atoms with Crippen LogP contribution in [0, 0.1) is 5.92 Å². The van der Waals surface area contributed by atoms with Crippen molar-refractivity contribution in [1.29, 1.82) is 0 Å². The SMILES string of the molecule is C/C(=C\C(=O)NC(Cc1c[nH]c2ccccc12)C(=O)NC(CC(N)=O)C(=O)NC(CC(=O)O)C(=O)NC1C(=O)NCC(=O)NC(CCCN)C(=O)NC(CC(=O)O)C(=O)NC(C)C(=O)NC(CC(=O)O)C(=O)NCC(=O)NC(CO)C(=O)NC(C(C)CC(=O)O)C(=O)NC(CC(=O)c2ccccc2N)C(=O)OC1C)c1ccccc1. The van der Waals surface area contributed by atoms with Gasteiger partial charge in [-0.25, -0.2) is 4.79 Å². The molecule has 2 heterocycles. The van der Waals surface area contributed by atoms with Gasteiger partial charge in [-0.15, -0.1) is 0 Å². The fraction of sp³-hybridized carbons (Fsp3) is 0.417. The van der Waals surface area contributed by atoms with Gasteiger partial charge in [0.05, 0.1) is 51.8 Å². The third-order valence-electron chi connectivity index (χ3n) is 17.4. The van der Waals surface area contributed by atoms with Gasteiger partial charge in [0.2, 0.25) is 82.7 Å². The Bertz CT molecular complexity index is 4360. The first-order chi connectivity index (χ1) is 54.3. The fourth-order valence-electron chi connectivity index (χ4n) is 11.4. The quantitative estimate of drug-likeness (QED) is 0.0104. The highest BCUT2D eigenvalue weighted by Gasteiger charge is 2.41. The number of hydrogen-bond donors (Lipinski definition) is 22. The summed E-state index contributed by atoms with van der Waals surface area (Å²) in [4.78, 5) is 276. The molecule has 0 radical (unpaired) electrons. The number of rotatable bonds is 29. The van der Waals surface area contributed by atoms with Crippen LogP contribution in [0.3, 0.4) is 0 Å². The van der Waals surface area contributed by atoms with Crippen LogP contribution < -0.4 is 86.3 Å². The Balaban J connectivity index is 1.61. The van der Waals surface area contributed by atoms with Crippen LogP contribution in [-0.2, 0) is 102 Å². The summed E-state index contributed by atoms with van der Waals surface area (Å²) in [6.07, 6.45) is -7.31. The average molecular weight is 1610 g/mol. The second-order valence-electron chi connectivity index (χ2n) is 26.5. The number of carboxylic acid groups (broad SMARTS) is 4. The number of benzene rings is 3. The Hall–Kier alpha value is -13.7. The maximum absolute atomic E-state index is 14.8. The van der Waals surface area contributed by atoms with Crippen molar-refractivity contribution in [1.82, 2.24) is 74.1 Å². The van der Waals surface area contributed by atoms with Gasteiger partial charge < -0.3 is 122 Å². The number of hydrogen-bond acceptors (Lipinski definition) is 24. The van der Waals surface area contributed by atoms with Crippen LogP contribution in [0.5, 0.6) is 0 Å². The van der Waals surface area contributed by atoms with Crippen LogP contribution in [-0.4, -0.2) is 248 Å². The van der Waals surface area contributed by atoms with E-state index >= 15 is 0 Å². The van der Waals surface area contributed by atoms with E-state index in [2.05, 4.69) is 58.2 Å². The Morgan fingerprint density at radius 2 is 1.10 bits per heavy atom. The maximum Gasteiger partial charge on any atom is 0.329 e. The number of H-pyrrole nitrogens is 1. The number of Topliss-reactive ketones (excluding diaryl/α,β-unsaturated/α-hetero) is 1. The molecule has 620 valence electrons. The number of allylic oxidation sites excluding steroid dienone is 1. The average Bonchev–Trinajstić information content (AvgIpc) is 1.54. The number of anilines is 1. The first kappa shape index (κ1) is 91.9. The Morgan fingerprint density at radius 3 is 1.70 bits per heavy atom. The lowest BCUT2D eigenvalue weighted by atomic mass is 9.96. The lowest BCUT2D eigenvalue weighted by molar-refractivity contribution is -0.156. The van der Waals surface area contributed by atoms with Gasteiger partial charge in [0.25, 0.3) is 0 Å². The third-order valence-corrected chi connectivity index (χ3v) is 17.4. The van der Waals surface area contributed by atoms with E-state index in [9.17, 15) is 121 Å². The number of cyclic esters (lactones) is 1. The smallest absolute Gasteiger partial charge is 0.329 e. The highest BCUT2D eigenvalue weighted by atomic mass is 16.5. The van der Waals surface area contributed by atoms with E-state index in [1.165, 1.54) is 30.3 Å². The van der Waals surface area contributed by atoms with E-state index in [0.29, 0.717) is 27.6 Å². The summed E-state index contributed by atoms with van der Waals surface area (Å²) in [6, 6.07) is -2.29. The Kier molecular flexibility index (Phi) is 35.4. The van der Waals surface area contributed by atoms with Gasteiger partial charge in [0, 0.05) is 47.3 Å². The van der Waals surface area contributed by atoms with Crippen molar-refractivity contribution >= 4 is 140 Å². The molecule has 1 aliphatic rings. The van der Waals surface area contributed by atoms with E-state index in [1.807, 2.05) is 16.0 Å². The van der Waals surface area contributed by atoms with Crippen molar-refractivity contribution in [3.05, 3.63) is 108 Å². The number of aromatic nitrogens is 1. The largest absolute Gasteiger partial charge is 0.481 e. The summed E-state index contributed by atoms with van der Waals surface area (Å²) >= 11 is 0. The molecule has 0 spiro atoms. The monoisotopic (exact) mass is 1610 g/mol. The molecule has 115 heavy (non-hydrogen) atoms. The molecule has 25 N–H and O–H groups in total. The van der Waals surface area contributed by atoms with Crippen LogP contribution in [0.4, 0.5) is 5.69 Å². The summed E-state index contributed by atoms with van der Waals surface area (Å²) in [6.45, 7) is 0.620. The van der Waals surface area contributed by atoms with Crippen LogP contribution in [0.15, 0.2) is 91.1 Å². The molecule has 4 aromatic rings.